The Bertz CT molecular complexity index is 866. The number of carbonyl (C=O) groups is 1. The summed E-state index contributed by atoms with van der Waals surface area (Å²) in [6.45, 7) is 2.18. The zero-order valence-electron chi connectivity index (χ0n) is 13.9. The summed E-state index contributed by atoms with van der Waals surface area (Å²) in [6, 6.07) is 14.6. The van der Waals surface area contributed by atoms with Crippen LogP contribution in [0.2, 0.25) is 5.02 Å². The summed E-state index contributed by atoms with van der Waals surface area (Å²) in [6.07, 6.45) is 0. The van der Waals surface area contributed by atoms with Crippen molar-refractivity contribution in [1.82, 2.24) is 10.2 Å². The molecule has 3 aromatic rings. The molecular formula is C18H16ClN3O3S. The minimum absolute atomic E-state index is 0.156. The second kappa shape index (κ2) is 8.73. The van der Waals surface area contributed by atoms with Gasteiger partial charge >= 0.3 is 0 Å². The van der Waals surface area contributed by atoms with E-state index >= 15 is 0 Å². The monoisotopic (exact) mass is 389 g/mol. The Balaban J connectivity index is 1.45. The first-order valence-electron chi connectivity index (χ1n) is 7.78. The third-order valence-electron chi connectivity index (χ3n) is 3.29. The van der Waals surface area contributed by atoms with Crippen molar-refractivity contribution in [3.05, 3.63) is 65.0 Å². The van der Waals surface area contributed by atoms with Crippen molar-refractivity contribution in [2.75, 3.05) is 11.1 Å². The maximum Gasteiger partial charge on any atom is 0.277 e. The number of aromatic nitrogens is 2. The Morgan fingerprint density at radius 3 is 2.62 bits per heavy atom. The summed E-state index contributed by atoms with van der Waals surface area (Å²) in [5, 5.41) is 11.5. The van der Waals surface area contributed by atoms with Crippen LogP contribution in [0.3, 0.4) is 0 Å². The van der Waals surface area contributed by atoms with Gasteiger partial charge in [0.05, 0.1) is 5.75 Å². The van der Waals surface area contributed by atoms with E-state index in [9.17, 15) is 4.79 Å². The highest BCUT2D eigenvalue weighted by Crippen LogP contribution is 2.19. The first-order chi connectivity index (χ1) is 12.6. The molecule has 0 saturated heterocycles. The first-order valence-corrected chi connectivity index (χ1v) is 9.15. The van der Waals surface area contributed by atoms with Crippen LogP contribution in [-0.4, -0.2) is 21.9 Å². The highest BCUT2D eigenvalue weighted by atomic mass is 35.5. The second-order valence-electron chi connectivity index (χ2n) is 5.41. The van der Waals surface area contributed by atoms with Gasteiger partial charge in [-0.2, -0.15) is 0 Å². The number of rotatable bonds is 7. The molecule has 1 heterocycles. The van der Waals surface area contributed by atoms with Crippen LogP contribution < -0.4 is 10.1 Å². The molecule has 3 rings (SSSR count). The minimum atomic E-state index is -0.173. The number of hydrogen-bond donors (Lipinski definition) is 1. The third-order valence-corrected chi connectivity index (χ3v) is 4.36. The molecule has 1 amide bonds. The van der Waals surface area contributed by atoms with E-state index < -0.39 is 0 Å². The van der Waals surface area contributed by atoms with Crippen LogP contribution in [0.15, 0.2) is 58.2 Å². The molecule has 0 bridgehead atoms. The van der Waals surface area contributed by atoms with Gasteiger partial charge in [-0.3, -0.25) is 4.79 Å². The summed E-state index contributed by atoms with van der Waals surface area (Å²) in [7, 11) is 0. The van der Waals surface area contributed by atoms with Crippen LogP contribution in [0.25, 0.3) is 0 Å². The van der Waals surface area contributed by atoms with Crippen LogP contribution in [-0.2, 0) is 11.4 Å². The molecule has 0 aliphatic rings. The number of hydrogen-bond acceptors (Lipinski definition) is 6. The van der Waals surface area contributed by atoms with Crippen molar-refractivity contribution in [2.45, 2.75) is 18.8 Å². The second-order valence-corrected chi connectivity index (χ2v) is 6.77. The number of thioether (sulfide) groups is 1. The molecule has 0 atom stereocenters. The lowest BCUT2D eigenvalue weighted by molar-refractivity contribution is -0.113. The number of carbonyl (C=O) groups excluding carboxylic acids is 1. The van der Waals surface area contributed by atoms with E-state index in [4.69, 9.17) is 20.8 Å². The number of ether oxygens (including phenoxy) is 1. The number of anilines is 1. The summed E-state index contributed by atoms with van der Waals surface area (Å²) in [5.41, 5.74) is 1.84. The molecule has 0 unspecified atom stereocenters. The van der Waals surface area contributed by atoms with Gasteiger partial charge in [0, 0.05) is 10.7 Å². The van der Waals surface area contributed by atoms with Crippen LogP contribution in [0, 0.1) is 6.92 Å². The Morgan fingerprint density at radius 2 is 1.88 bits per heavy atom. The van der Waals surface area contributed by atoms with Gasteiger partial charge < -0.3 is 14.5 Å². The molecule has 0 aliphatic heterocycles. The Labute approximate surface area is 159 Å². The SMILES string of the molecule is Cc1ccc(OCc2nnc(SCC(=O)Nc3ccc(Cl)cc3)o2)cc1. The molecule has 0 radical (unpaired) electrons. The zero-order chi connectivity index (χ0) is 18.4. The average Bonchev–Trinajstić information content (AvgIpc) is 3.09. The fourth-order valence-corrected chi connectivity index (χ4v) is 2.70. The molecular weight excluding hydrogens is 374 g/mol. The Kier molecular flexibility index (Phi) is 6.14. The van der Waals surface area contributed by atoms with Crippen LogP contribution in [0.5, 0.6) is 5.75 Å². The fourth-order valence-electron chi connectivity index (χ4n) is 1.99. The minimum Gasteiger partial charge on any atom is -0.484 e. The van der Waals surface area contributed by atoms with Crippen LogP contribution in [0.4, 0.5) is 5.69 Å². The summed E-state index contributed by atoms with van der Waals surface area (Å²) in [4.78, 5) is 11.9. The van der Waals surface area contributed by atoms with Gasteiger partial charge in [-0.05, 0) is 43.3 Å². The van der Waals surface area contributed by atoms with Crippen LogP contribution >= 0.6 is 23.4 Å². The Hall–Kier alpha value is -2.51. The summed E-state index contributed by atoms with van der Waals surface area (Å²) in [5.74, 6) is 1.06. The lowest BCUT2D eigenvalue weighted by Gasteiger charge is -2.04. The number of nitrogens with zero attached hydrogens (tertiary/aromatic N) is 2. The van der Waals surface area contributed by atoms with E-state index in [1.165, 1.54) is 0 Å². The molecule has 0 saturated carbocycles. The number of benzene rings is 2. The molecule has 1 aromatic heterocycles. The summed E-state index contributed by atoms with van der Waals surface area (Å²) < 4.78 is 11.0. The number of halogens is 1. The predicted molar refractivity (Wildman–Crippen MR) is 101 cm³/mol. The smallest absolute Gasteiger partial charge is 0.277 e. The van der Waals surface area contributed by atoms with Gasteiger partial charge in [-0.25, -0.2) is 0 Å². The van der Waals surface area contributed by atoms with Crippen molar-refractivity contribution in [3.8, 4) is 5.75 Å². The molecule has 1 N–H and O–H groups in total. The number of nitrogens with one attached hydrogen (secondary N) is 1. The molecule has 0 aliphatic carbocycles. The fraction of sp³-hybridized carbons (Fsp3) is 0.167. The van der Waals surface area contributed by atoms with Gasteiger partial charge in [0.2, 0.25) is 5.91 Å². The summed E-state index contributed by atoms with van der Waals surface area (Å²) >= 11 is 6.97. The first kappa shape index (κ1) is 18.3. The van der Waals surface area contributed by atoms with E-state index in [1.54, 1.807) is 24.3 Å². The third kappa shape index (κ3) is 5.50. The maximum atomic E-state index is 11.9. The average molecular weight is 390 g/mol. The van der Waals surface area contributed by atoms with E-state index in [1.807, 2.05) is 31.2 Å². The number of aryl methyl sites for hydroxylation is 1. The molecule has 26 heavy (non-hydrogen) atoms. The molecule has 0 spiro atoms. The molecule has 6 nitrogen and oxygen atoms in total. The van der Waals surface area contributed by atoms with Gasteiger partial charge in [-0.15, -0.1) is 10.2 Å². The zero-order valence-corrected chi connectivity index (χ0v) is 15.5. The quantitative estimate of drug-likeness (QED) is 0.605. The Morgan fingerprint density at radius 1 is 1.15 bits per heavy atom. The van der Waals surface area contributed by atoms with Crippen LogP contribution in [0.1, 0.15) is 11.5 Å². The number of amides is 1. The lowest BCUT2D eigenvalue weighted by Crippen LogP contribution is -2.13. The molecule has 134 valence electrons. The lowest BCUT2D eigenvalue weighted by atomic mass is 10.2. The van der Waals surface area contributed by atoms with Gasteiger partial charge in [-0.1, -0.05) is 41.1 Å². The predicted octanol–water partition coefficient (Wildman–Crippen LogP) is 4.34. The highest BCUT2D eigenvalue weighted by Gasteiger charge is 2.10. The molecule has 2 aromatic carbocycles. The van der Waals surface area contributed by atoms with Gasteiger partial charge in [0.1, 0.15) is 5.75 Å². The van der Waals surface area contributed by atoms with E-state index in [-0.39, 0.29) is 18.3 Å². The van der Waals surface area contributed by atoms with Crippen molar-refractivity contribution in [1.29, 1.82) is 0 Å². The van der Waals surface area contributed by atoms with Crippen molar-refractivity contribution in [2.24, 2.45) is 0 Å². The van der Waals surface area contributed by atoms with E-state index in [2.05, 4.69) is 15.5 Å². The molecule has 0 fully saturated rings. The largest absolute Gasteiger partial charge is 0.484 e. The van der Waals surface area contributed by atoms with Crippen molar-refractivity contribution in [3.63, 3.8) is 0 Å². The normalized spacial score (nSPS) is 10.5. The maximum absolute atomic E-state index is 11.9. The van der Waals surface area contributed by atoms with E-state index in [0.717, 1.165) is 23.1 Å². The van der Waals surface area contributed by atoms with Gasteiger partial charge in [0.25, 0.3) is 11.1 Å². The van der Waals surface area contributed by atoms with E-state index in [0.29, 0.717) is 21.8 Å². The van der Waals surface area contributed by atoms with Crippen molar-refractivity contribution >= 4 is 35.0 Å². The van der Waals surface area contributed by atoms with Gasteiger partial charge in [0.15, 0.2) is 6.61 Å². The molecule has 8 heteroatoms. The topological polar surface area (TPSA) is 77.2 Å². The standard InChI is InChI=1S/C18H16ClN3O3S/c1-12-2-8-15(9-3-12)24-10-17-21-22-18(25-17)26-11-16(23)20-14-6-4-13(19)5-7-14/h2-9H,10-11H2,1H3,(H,20,23). The highest BCUT2D eigenvalue weighted by molar-refractivity contribution is 7.99. The van der Waals surface area contributed by atoms with Crippen molar-refractivity contribution < 1.29 is 13.9 Å².